The molecule has 3 nitrogen and oxygen atoms in total. The summed E-state index contributed by atoms with van der Waals surface area (Å²) in [6.07, 6.45) is 4.28. The predicted octanol–water partition coefficient (Wildman–Crippen LogP) is 1.30. The molecule has 0 radical (unpaired) electrons. The lowest BCUT2D eigenvalue weighted by Crippen LogP contribution is -2.38. The maximum Gasteiger partial charge on any atom is 0.317 e. The van der Waals surface area contributed by atoms with Crippen molar-refractivity contribution in [3.63, 3.8) is 0 Å². The minimum Gasteiger partial charge on any atom is -0.335 e. The maximum absolute atomic E-state index is 11.5. The van der Waals surface area contributed by atoms with E-state index < -0.39 is 0 Å². The van der Waals surface area contributed by atoms with Crippen molar-refractivity contribution in [2.45, 2.75) is 25.3 Å². The van der Waals surface area contributed by atoms with E-state index in [1.165, 1.54) is 19.3 Å². The van der Waals surface area contributed by atoms with Crippen molar-refractivity contribution in [3.8, 4) is 0 Å². The number of nitrogens with one attached hydrogen (secondary N) is 1. The standard InChI is InChI=1S/C11H18N2O/c1-13(2)11(14)12-10-8-6-3-4-7(5-6)9(8)10/h6-10H,3-5H2,1-2H3,(H,12,14). The molecule has 0 heterocycles. The van der Waals surface area contributed by atoms with Crippen LogP contribution < -0.4 is 5.32 Å². The number of amides is 2. The number of rotatable bonds is 1. The van der Waals surface area contributed by atoms with E-state index >= 15 is 0 Å². The summed E-state index contributed by atoms with van der Waals surface area (Å²) in [5.41, 5.74) is 0. The highest BCUT2D eigenvalue weighted by Gasteiger charge is 2.65. The molecule has 4 unspecified atom stereocenters. The lowest BCUT2D eigenvalue weighted by atomic mass is 10.0. The number of hydrogen-bond donors (Lipinski definition) is 1. The Morgan fingerprint density at radius 2 is 1.79 bits per heavy atom. The minimum atomic E-state index is 0.0869. The molecule has 3 aliphatic carbocycles. The predicted molar refractivity (Wildman–Crippen MR) is 53.8 cm³/mol. The quantitative estimate of drug-likeness (QED) is 0.670. The van der Waals surface area contributed by atoms with E-state index in [-0.39, 0.29) is 6.03 Å². The van der Waals surface area contributed by atoms with E-state index in [2.05, 4.69) is 5.32 Å². The van der Waals surface area contributed by atoms with Gasteiger partial charge in [0.15, 0.2) is 0 Å². The Labute approximate surface area is 84.8 Å². The summed E-state index contributed by atoms with van der Waals surface area (Å²) in [5.74, 6) is 3.57. The average molecular weight is 194 g/mol. The van der Waals surface area contributed by atoms with E-state index in [1.807, 2.05) is 14.1 Å². The van der Waals surface area contributed by atoms with Gasteiger partial charge in [-0.1, -0.05) is 0 Å². The molecule has 3 aliphatic rings. The molecule has 0 aliphatic heterocycles. The summed E-state index contributed by atoms with van der Waals surface area (Å²) in [4.78, 5) is 13.1. The third-order valence-electron chi connectivity index (χ3n) is 4.43. The topological polar surface area (TPSA) is 32.3 Å². The van der Waals surface area contributed by atoms with Crippen molar-refractivity contribution in [1.29, 1.82) is 0 Å². The van der Waals surface area contributed by atoms with Gasteiger partial charge in [0.1, 0.15) is 0 Å². The molecule has 0 aromatic heterocycles. The summed E-state index contributed by atoms with van der Waals surface area (Å²) in [6, 6.07) is 0.611. The van der Waals surface area contributed by atoms with Crippen LogP contribution in [0.1, 0.15) is 19.3 Å². The zero-order chi connectivity index (χ0) is 9.87. The highest BCUT2D eigenvalue weighted by Crippen LogP contribution is 2.65. The fourth-order valence-electron chi connectivity index (χ4n) is 3.79. The molecule has 0 aromatic rings. The van der Waals surface area contributed by atoms with Gasteiger partial charge in [0, 0.05) is 20.1 Å². The Bertz CT molecular complexity index is 260. The second-order valence-corrected chi connectivity index (χ2v) is 5.36. The van der Waals surface area contributed by atoms with E-state index in [4.69, 9.17) is 0 Å². The van der Waals surface area contributed by atoms with E-state index in [1.54, 1.807) is 4.90 Å². The van der Waals surface area contributed by atoms with Gasteiger partial charge in [-0.2, -0.15) is 0 Å². The molecule has 2 amide bonds. The fourth-order valence-corrected chi connectivity index (χ4v) is 3.79. The molecule has 3 rings (SSSR count). The zero-order valence-electron chi connectivity index (χ0n) is 8.86. The van der Waals surface area contributed by atoms with Crippen LogP contribution in [-0.4, -0.2) is 31.1 Å². The molecular formula is C11H18N2O. The first-order valence-electron chi connectivity index (χ1n) is 5.66. The Morgan fingerprint density at radius 1 is 1.21 bits per heavy atom. The molecular weight excluding hydrogens is 176 g/mol. The molecule has 2 bridgehead atoms. The number of urea groups is 1. The van der Waals surface area contributed by atoms with Gasteiger partial charge in [0.25, 0.3) is 0 Å². The monoisotopic (exact) mass is 194 g/mol. The zero-order valence-corrected chi connectivity index (χ0v) is 8.86. The number of fused-ring (bicyclic) bond motifs is 5. The smallest absolute Gasteiger partial charge is 0.317 e. The number of hydrogen-bond acceptors (Lipinski definition) is 1. The lowest BCUT2D eigenvalue weighted by molar-refractivity contribution is 0.214. The third-order valence-corrected chi connectivity index (χ3v) is 4.43. The third kappa shape index (κ3) is 1.01. The van der Waals surface area contributed by atoms with Crippen LogP contribution in [0.25, 0.3) is 0 Å². The summed E-state index contributed by atoms with van der Waals surface area (Å²) >= 11 is 0. The number of nitrogens with zero attached hydrogens (tertiary/aromatic N) is 1. The van der Waals surface area contributed by atoms with Gasteiger partial charge >= 0.3 is 6.03 Å². The van der Waals surface area contributed by atoms with Crippen molar-refractivity contribution in [3.05, 3.63) is 0 Å². The summed E-state index contributed by atoms with van der Waals surface area (Å²) < 4.78 is 0. The normalized spacial score (nSPS) is 47.4. The highest BCUT2D eigenvalue weighted by molar-refractivity contribution is 5.74. The molecule has 4 atom stereocenters. The Kier molecular flexibility index (Phi) is 1.62. The maximum atomic E-state index is 11.5. The fraction of sp³-hybridized carbons (Fsp3) is 0.909. The molecule has 3 heteroatoms. The van der Waals surface area contributed by atoms with Crippen LogP contribution in [-0.2, 0) is 0 Å². The van der Waals surface area contributed by atoms with Crippen molar-refractivity contribution in [2.75, 3.05) is 14.1 Å². The Balaban J connectivity index is 1.61. The van der Waals surface area contributed by atoms with Crippen LogP contribution in [0.2, 0.25) is 0 Å². The van der Waals surface area contributed by atoms with Gasteiger partial charge in [0.2, 0.25) is 0 Å². The second-order valence-electron chi connectivity index (χ2n) is 5.36. The molecule has 0 saturated heterocycles. The van der Waals surface area contributed by atoms with Gasteiger partial charge in [-0.05, 0) is 42.9 Å². The molecule has 1 N–H and O–H groups in total. The lowest BCUT2D eigenvalue weighted by Gasteiger charge is -2.14. The SMILES string of the molecule is CN(C)C(=O)NC1C2C3CCC(C3)C12. The van der Waals surface area contributed by atoms with E-state index in [0.717, 1.165) is 23.7 Å². The Hall–Kier alpha value is -0.730. The Morgan fingerprint density at radius 3 is 2.29 bits per heavy atom. The molecule has 14 heavy (non-hydrogen) atoms. The van der Waals surface area contributed by atoms with Gasteiger partial charge in [-0.15, -0.1) is 0 Å². The molecule has 0 aromatic carbocycles. The van der Waals surface area contributed by atoms with Crippen molar-refractivity contribution < 1.29 is 4.79 Å². The van der Waals surface area contributed by atoms with E-state index in [0.29, 0.717) is 6.04 Å². The molecule has 3 saturated carbocycles. The van der Waals surface area contributed by atoms with Crippen LogP contribution in [0.5, 0.6) is 0 Å². The van der Waals surface area contributed by atoms with Crippen LogP contribution >= 0.6 is 0 Å². The van der Waals surface area contributed by atoms with Crippen molar-refractivity contribution >= 4 is 6.03 Å². The first kappa shape index (κ1) is 8.57. The number of carbonyl (C=O) groups excluding carboxylic acids is 1. The highest BCUT2D eigenvalue weighted by atomic mass is 16.2. The first-order valence-corrected chi connectivity index (χ1v) is 5.66. The van der Waals surface area contributed by atoms with Gasteiger partial charge in [-0.3, -0.25) is 0 Å². The van der Waals surface area contributed by atoms with Crippen molar-refractivity contribution in [2.24, 2.45) is 23.7 Å². The van der Waals surface area contributed by atoms with Crippen LogP contribution in [0.4, 0.5) is 4.79 Å². The second kappa shape index (κ2) is 2.65. The average Bonchev–Trinajstić information content (AvgIpc) is 2.59. The van der Waals surface area contributed by atoms with Gasteiger partial charge in [0.05, 0.1) is 0 Å². The van der Waals surface area contributed by atoms with Crippen LogP contribution in [0, 0.1) is 23.7 Å². The molecule has 78 valence electrons. The summed E-state index contributed by atoms with van der Waals surface area (Å²) in [5, 5.41) is 3.14. The molecule has 3 fully saturated rings. The first-order chi connectivity index (χ1) is 6.68. The van der Waals surface area contributed by atoms with Crippen molar-refractivity contribution in [1.82, 2.24) is 10.2 Å². The summed E-state index contributed by atoms with van der Waals surface area (Å²) in [7, 11) is 3.62. The van der Waals surface area contributed by atoms with Crippen LogP contribution in [0.15, 0.2) is 0 Å². The van der Waals surface area contributed by atoms with Gasteiger partial charge < -0.3 is 10.2 Å². The minimum absolute atomic E-state index is 0.0869. The van der Waals surface area contributed by atoms with E-state index in [9.17, 15) is 4.79 Å². The van der Waals surface area contributed by atoms with Crippen LogP contribution in [0.3, 0.4) is 0 Å². The molecule has 0 spiro atoms. The van der Waals surface area contributed by atoms with Gasteiger partial charge in [-0.25, -0.2) is 4.79 Å². The largest absolute Gasteiger partial charge is 0.335 e. The number of carbonyl (C=O) groups is 1. The summed E-state index contributed by atoms with van der Waals surface area (Å²) in [6.45, 7) is 0.